The quantitative estimate of drug-likeness (QED) is 0.636. The minimum Gasteiger partial charge on any atom is -0.393 e. The number of allylic oxidation sites excluding steroid dienone is 4. The molecule has 0 heterocycles. The third kappa shape index (κ3) is 5.79. The summed E-state index contributed by atoms with van der Waals surface area (Å²) in [5, 5.41) is 29.4. The van der Waals surface area contributed by atoms with Crippen molar-refractivity contribution in [3.8, 4) is 0 Å². The molecule has 1 spiro atoms. The summed E-state index contributed by atoms with van der Waals surface area (Å²) in [7, 11) is 0. The van der Waals surface area contributed by atoms with Crippen LogP contribution in [0.5, 0.6) is 0 Å². The lowest BCUT2D eigenvalue weighted by Gasteiger charge is -2.42. The van der Waals surface area contributed by atoms with Crippen LogP contribution in [0.1, 0.15) is 78.1 Å². The van der Waals surface area contributed by atoms with Crippen LogP contribution in [0.25, 0.3) is 0 Å². The van der Waals surface area contributed by atoms with Crippen LogP contribution < -0.4 is 0 Å². The van der Waals surface area contributed by atoms with Gasteiger partial charge in [0, 0.05) is 13.0 Å². The molecule has 1 unspecified atom stereocenters. The van der Waals surface area contributed by atoms with Gasteiger partial charge in [-0.25, -0.2) is 0 Å². The van der Waals surface area contributed by atoms with Crippen molar-refractivity contribution >= 4 is 0 Å². The van der Waals surface area contributed by atoms with E-state index in [1.54, 1.807) is 0 Å². The van der Waals surface area contributed by atoms with Crippen LogP contribution in [0.3, 0.4) is 0 Å². The monoisotopic (exact) mass is 390 g/mol. The van der Waals surface area contributed by atoms with Crippen molar-refractivity contribution < 1.29 is 20.1 Å². The molecule has 3 N–H and O–H groups in total. The first kappa shape index (κ1) is 21.8. The maximum atomic E-state index is 10.1. The summed E-state index contributed by atoms with van der Waals surface area (Å²) >= 11 is 0. The molecule has 1 saturated carbocycles. The van der Waals surface area contributed by atoms with Crippen molar-refractivity contribution in [2.24, 2.45) is 5.41 Å². The van der Waals surface area contributed by atoms with Gasteiger partial charge in [-0.1, -0.05) is 23.8 Å². The van der Waals surface area contributed by atoms with Crippen LogP contribution in [0, 0.1) is 5.41 Å². The molecule has 0 saturated heterocycles. The van der Waals surface area contributed by atoms with Crippen LogP contribution in [0.4, 0.5) is 0 Å². The predicted molar refractivity (Wildman–Crippen MR) is 112 cm³/mol. The smallest absolute Gasteiger partial charge is 0.0777 e. The Kier molecular flexibility index (Phi) is 7.54. The largest absolute Gasteiger partial charge is 0.393 e. The van der Waals surface area contributed by atoms with Gasteiger partial charge in [0.2, 0.25) is 0 Å². The van der Waals surface area contributed by atoms with E-state index in [0.29, 0.717) is 31.0 Å². The van der Waals surface area contributed by atoms with Gasteiger partial charge in [0.05, 0.1) is 24.4 Å². The molecule has 0 bridgehead atoms. The van der Waals surface area contributed by atoms with Crippen LogP contribution >= 0.6 is 0 Å². The first-order chi connectivity index (χ1) is 13.4. The number of aliphatic hydroxyl groups is 3. The van der Waals surface area contributed by atoms with Crippen LogP contribution in [0.15, 0.2) is 34.9 Å². The first-order valence-corrected chi connectivity index (χ1v) is 11.1. The van der Waals surface area contributed by atoms with E-state index in [9.17, 15) is 15.3 Å². The zero-order chi connectivity index (χ0) is 20.1. The molecular weight excluding hydrogens is 352 g/mol. The molecule has 0 aromatic rings. The summed E-state index contributed by atoms with van der Waals surface area (Å²) < 4.78 is 5.97. The van der Waals surface area contributed by atoms with Gasteiger partial charge >= 0.3 is 0 Å². The highest BCUT2D eigenvalue weighted by atomic mass is 16.5. The lowest BCUT2D eigenvalue weighted by Crippen LogP contribution is -2.33. The maximum Gasteiger partial charge on any atom is 0.0777 e. The van der Waals surface area contributed by atoms with Gasteiger partial charge in [-0.2, -0.15) is 0 Å². The molecule has 4 nitrogen and oxygen atoms in total. The van der Waals surface area contributed by atoms with E-state index >= 15 is 0 Å². The summed E-state index contributed by atoms with van der Waals surface area (Å²) in [6.45, 7) is 4.45. The van der Waals surface area contributed by atoms with Crippen LogP contribution in [-0.2, 0) is 4.74 Å². The predicted octanol–water partition coefficient (Wildman–Crippen LogP) is 4.20. The van der Waals surface area contributed by atoms with Gasteiger partial charge < -0.3 is 20.1 Å². The second-order valence-electron chi connectivity index (χ2n) is 9.35. The van der Waals surface area contributed by atoms with Gasteiger partial charge in [0.25, 0.3) is 0 Å². The fourth-order valence-corrected chi connectivity index (χ4v) is 5.04. The molecule has 3 aliphatic carbocycles. The standard InChI is InChI=1S/C24H38O4/c1-17(25)9-13-28-22-7-11-24(12-8-22)10-3-4-19(16-24)5-6-20-14-21(26)15-23(27)18(20)2/h4-6,17,21-23,25-27H,3,7-16H2,1-2H3/b6-5-/t17?,21-,22?,23+,24?/m1/s1. The second-order valence-corrected chi connectivity index (χ2v) is 9.35. The van der Waals surface area contributed by atoms with Crippen molar-refractivity contribution in [3.05, 3.63) is 34.9 Å². The first-order valence-electron chi connectivity index (χ1n) is 11.1. The van der Waals surface area contributed by atoms with Crippen molar-refractivity contribution in [3.63, 3.8) is 0 Å². The van der Waals surface area contributed by atoms with Gasteiger partial charge in [-0.3, -0.25) is 0 Å². The molecule has 3 atom stereocenters. The highest BCUT2D eigenvalue weighted by Gasteiger charge is 2.37. The van der Waals surface area contributed by atoms with Crippen LogP contribution in [0.2, 0.25) is 0 Å². The van der Waals surface area contributed by atoms with E-state index in [-0.39, 0.29) is 6.10 Å². The van der Waals surface area contributed by atoms with Gasteiger partial charge in [0.1, 0.15) is 0 Å². The highest BCUT2D eigenvalue weighted by Crippen LogP contribution is 2.48. The molecule has 158 valence electrons. The Morgan fingerprint density at radius 1 is 1.21 bits per heavy atom. The topological polar surface area (TPSA) is 69.9 Å². The Morgan fingerprint density at radius 3 is 2.68 bits per heavy atom. The van der Waals surface area contributed by atoms with E-state index in [0.717, 1.165) is 43.3 Å². The maximum absolute atomic E-state index is 10.1. The van der Waals surface area contributed by atoms with Crippen molar-refractivity contribution in [1.82, 2.24) is 0 Å². The van der Waals surface area contributed by atoms with Gasteiger partial charge in [-0.15, -0.1) is 0 Å². The molecule has 28 heavy (non-hydrogen) atoms. The summed E-state index contributed by atoms with van der Waals surface area (Å²) in [5.74, 6) is 0. The molecule has 4 heteroatoms. The molecule has 3 rings (SSSR count). The molecule has 0 radical (unpaired) electrons. The fraction of sp³-hybridized carbons (Fsp3) is 0.750. The summed E-state index contributed by atoms with van der Waals surface area (Å²) in [6.07, 6.45) is 15.9. The van der Waals surface area contributed by atoms with E-state index in [1.807, 2.05) is 13.8 Å². The number of hydrogen-bond acceptors (Lipinski definition) is 4. The fourth-order valence-electron chi connectivity index (χ4n) is 5.04. The minimum atomic E-state index is -0.515. The number of hydrogen-bond donors (Lipinski definition) is 3. The van der Waals surface area contributed by atoms with Crippen LogP contribution in [-0.4, -0.2) is 46.3 Å². The highest BCUT2D eigenvalue weighted by molar-refractivity contribution is 5.35. The van der Waals surface area contributed by atoms with Gasteiger partial charge in [-0.05, 0) is 88.2 Å². The molecule has 0 aromatic heterocycles. The number of aliphatic hydroxyl groups excluding tert-OH is 3. The average molecular weight is 391 g/mol. The lowest BCUT2D eigenvalue weighted by atomic mass is 9.65. The van der Waals surface area contributed by atoms with E-state index in [1.165, 1.54) is 24.8 Å². The lowest BCUT2D eigenvalue weighted by molar-refractivity contribution is -0.0169. The molecule has 0 amide bonds. The van der Waals surface area contributed by atoms with E-state index in [4.69, 9.17) is 4.74 Å². The Labute approximate surface area is 170 Å². The Bertz CT molecular complexity index is 608. The summed E-state index contributed by atoms with van der Waals surface area (Å²) in [6, 6.07) is 0. The van der Waals surface area contributed by atoms with E-state index in [2.05, 4.69) is 18.2 Å². The zero-order valence-corrected chi connectivity index (χ0v) is 17.6. The van der Waals surface area contributed by atoms with Crippen molar-refractivity contribution in [2.75, 3.05) is 6.61 Å². The number of ether oxygens (including phenoxy) is 1. The minimum absolute atomic E-state index is 0.280. The van der Waals surface area contributed by atoms with E-state index < -0.39 is 12.2 Å². The molecule has 0 aliphatic heterocycles. The third-order valence-corrected chi connectivity index (χ3v) is 7.00. The Morgan fingerprint density at radius 2 is 1.96 bits per heavy atom. The molecule has 0 aromatic carbocycles. The van der Waals surface area contributed by atoms with Crippen molar-refractivity contribution in [2.45, 2.75) is 102 Å². The average Bonchev–Trinajstić information content (AvgIpc) is 2.65. The normalized spacial score (nSPS) is 35.5. The summed E-state index contributed by atoms with van der Waals surface area (Å²) in [4.78, 5) is 0. The molecule has 3 aliphatic rings. The Hall–Kier alpha value is -0.940. The molecule has 1 fully saturated rings. The number of rotatable bonds is 6. The zero-order valence-electron chi connectivity index (χ0n) is 17.6. The molecular formula is C24H38O4. The second kappa shape index (κ2) is 9.71. The van der Waals surface area contributed by atoms with Crippen molar-refractivity contribution in [1.29, 1.82) is 0 Å². The third-order valence-electron chi connectivity index (χ3n) is 7.00. The SMILES string of the molecule is CC1=C(/C=C\C2=CCCC3(CCC(OCCC(C)O)CC3)C2)C[C@@H](O)C[C@@H]1O. The summed E-state index contributed by atoms with van der Waals surface area (Å²) in [5.41, 5.74) is 3.90. The Balaban J connectivity index is 1.53. The van der Waals surface area contributed by atoms with Gasteiger partial charge in [0.15, 0.2) is 0 Å².